The van der Waals surface area contributed by atoms with E-state index < -0.39 is 21.7 Å². The number of anilines is 3. The van der Waals surface area contributed by atoms with Gasteiger partial charge in [0.15, 0.2) is 0 Å². The second-order valence-electron chi connectivity index (χ2n) is 6.98. The molecule has 1 aliphatic heterocycles. The lowest BCUT2D eigenvalue weighted by Gasteiger charge is -2.17. The lowest BCUT2D eigenvalue weighted by Crippen LogP contribution is -2.20. The number of benzene rings is 3. The van der Waals surface area contributed by atoms with Crippen LogP contribution in [0.4, 0.5) is 21.5 Å². The number of rotatable bonds is 6. The molecule has 11 heteroatoms. The fourth-order valence-electron chi connectivity index (χ4n) is 3.11. The first-order valence-corrected chi connectivity index (χ1v) is 12.1. The molecule has 170 valence electrons. The molecular formula is C22H18FN3O5S2. The first-order chi connectivity index (χ1) is 15.7. The molecule has 3 aromatic carbocycles. The molecule has 0 spiro atoms. The minimum absolute atomic E-state index is 0.0914. The Morgan fingerprint density at radius 2 is 1.85 bits per heavy atom. The van der Waals surface area contributed by atoms with Gasteiger partial charge in [0, 0.05) is 16.1 Å². The van der Waals surface area contributed by atoms with Crippen molar-refractivity contribution in [2.45, 2.75) is 9.79 Å². The highest BCUT2D eigenvalue weighted by Crippen LogP contribution is 2.33. The van der Waals surface area contributed by atoms with Crippen LogP contribution >= 0.6 is 11.8 Å². The van der Waals surface area contributed by atoms with E-state index in [1.807, 2.05) is 0 Å². The number of carbonyl (C=O) groups excluding carboxylic acids is 2. The van der Waals surface area contributed by atoms with Crippen molar-refractivity contribution in [1.29, 1.82) is 0 Å². The molecule has 0 aromatic heterocycles. The Labute approximate surface area is 193 Å². The topological polar surface area (TPSA) is 114 Å². The highest BCUT2D eigenvalue weighted by molar-refractivity contribution is 8.00. The van der Waals surface area contributed by atoms with Gasteiger partial charge in [0.1, 0.15) is 11.6 Å². The number of sulfonamides is 1. The molecule has 4 rings (SSSR count). The van der Waals surface area contributed by atoms with Crippen molar-refractivity contribution in [2.75, 3.05) is 28.2 Å². The molecule has 0 unspecified atom stereocenters. The Balaban J connectivity index is 1.56. The molecule has 0 radical (unpaired) electrons. The Kier molecular flexibility index (Phi) is 6.25. The Morgan fingerprint density at radius 3 is 2.58 bits per heavy atom. The number of halogens is 1. The zero-order chi connectivity index (χ0) is 23.6. The van der Waals surface area contributed by atoms with Gasteiger partial charge in [-0.25, -0.2) is 12.8 Å². The molecule has 8 nitrogen and oxygen atoms in total. The number of hydrogen-bond acceptors (Lipinski definition) is 6. The number of methoxy groups -OCH3 is 1. The number of fused-ring (bicyclic) bond motifs is 1. The maximum absolute atomic E-state index is 13.2. The van der Waals surface area contributed by atoms with Gasteiger partial charge in [0.2, 0.25) is 5.91 Å². The predicted molar refractivity (Wildman–Crippen MR) is 124 cm³/mol. The van der Waals surface area contributed by atoms with Crippen LogP contribution < -0.4 is 20.1 Å². The first kappa shape index (κ1) is 22.6. The zero-order valence-electron chi connectivity index (χ0n) is 17.2. The third-order valence-corrected chi connectivity index (χ3v) is 7.16. The van der Waals surface area contributed by atoms with Crippen molar-refractivity contribution in [3.8, 4) is 5.75 Å². The fraction of sp³-hybridized carbons (Fsp3) is 0.0909. The number of nitrogens with one attached hydrogen (secondary N) is 3. The largest absolute Gasteiger partial charge is 0.495 e. The van der Waals surface area contributed by atoms with E-state index in [4.69, 9.17) is 4.74 Å². The third kappa shape index (κ3) is 5.10. The summed E-state index contributed by atoms with van der Waals surface area (Å²) in [6, 6.07) is 13.8. The molecule has 33 heavy (non-hydrogen) atoms. The summed E-state index contributed by atoms with van der Waals surface area (Å²) in [6.07, 6.45) is 0. The normalized spacial score (nSPS) is 13.0. The fourth-order valence-corrected chi connectivity index (χ4v) is 4.96. The average Bonchev–Trinajstić information content (AvgIpc) is 2.78. The summed E-state index contributed by atoms with van der Waals surface area (Å²) >= 11 is 1.39. The van der Waals surface area contributed by atoms with E-state index in [0.717, 1.165) is 29.2 Å². The van der Waals surface area contributed by atoms with Crippen molar-refractivity contribution in [2.24, 2.45) is 0 Å². The van der Waals surface area contributed by atoms with E-state index in [9.17, 15) is 22.4 Å². The van der Waals surface area contributed by atoms with Gasteiger partial charge in [-0.15, -0.1) is 11.8 Å². The summed E-state index contributed by atoms with van der Waals surface area (Å²) in [6.45, 7) is 0. The van der Waals surface area contributed by atoms with Crippen molar-refractivity contribution in [1.82, 2.24) is 0 Å². The van der Waals surface area contributed by atoms with Gasteiger partial charge in [0.25, 0.3) is 15.9 Å². The highest BCUT2D eigenvalue weighted by atomic mass is 32.2. The molecule has 0 aliphatic carbocycles. The van der Waals surface area contributed by atoms with E-state index in [1.54, 1.807) is 24.3 Å². The summed E-state index contributed by atoms with van der Waals surface area (Å²) in [5.74, 6) is -0.594. The molecule has 1 heterocycles. The molecule has 3 N–H and O–H groups in total. The van der Waals surface area contributed by atoms with E-state index in [0.29, 0.717) is 22.7 Å². The van der Waals surface area contributed by atoms with Crippen molar-refractivity contribution >= 4 is 50.7 Å². The molecular weight excluding hydrogens is 469 g/mol. The maximum atomic E-state index is 13.2. The lowest BCUT2D eigenvalue weighted by molar-refractivity contribution is -0.113. The van der Waals surface area contributed by atoms with Crippen LogP contribution in [0.3, 0.4) is 0 Å². The average molecular weight is 488 g/mol. The van der Waals surface area contributed by atoms with Gasteiger partial charge < -0.3 is 15.4 Å². The number of hydrogen-bond donors (Lipinski definition) is 3. The van der Waals surface area contributed by atoms with Gasteiger partial charge in [-0.3, -0.25) is 14.3 Å². The number of amides is 2. The minimum Gasteiger partial charge on any atom is -0.495 e. The standard InChI is InChI=1S/C22H18FN3O5S2/c1-31-19-8-5-15(11-17(19)26-33(29,30)16-6-3-14(23)4-7-16)24-22(28)13-2-9-20-18(10-13)25-21(27)12-32-20/h2-11,26H,12H2,1H3,(H,24,28)(H,25,27). The van der Waals surface area contributed by atoms with Gasteiger partial charge in [-0.2, -0.15) is 0 Å². The predicted octanol–water partition coefficient (Wildman–Crippen LogP) is 3.93. The van der Waals surface area contributed by atoms with E-state index >= 15 is 0 Å². The molecule has 3 aromatic rings. The quantitative estimate of drug-likeness (QED) is 0.486. The number of thioether (sulfide) groups is 1. The third-order valence-electron chi connectivity index (χ3n) is 4.70. The Hall–Kier alpha value is -3.57. The summed E-state index contributed by atoms with van der Waals surface area (Å²) in [4.78, 5) is 25.1. The van der Waals surface area contributed by atoms with Crippen LogP contribution in [0.25, 0.3) is 0 Å². The van der Waals surface area contributed by atoms with E-state index in [-0.39, 0.29) is 22.2 Å². The number of ether oxygens (including phenoxy) is 1. The first-order valence-electron chi connectivity index (χ1n) is 9.59. The number of carbonyl (C=O) groups is 2. The second kappa shape index (κ2) is 9.12. The van der Waals surface area contributed by atoms with E-state index in [1.165, 1.54) is 31.0 Å². The van der Waals surface area contributed by atoms with Gasteiger partial charge in [-0.05, 0) is 60.7 Å². The monoisotopic (exact) mass is 487 g/mol. The van der Waals surface area contributed by atoms with Crippen LogP contribution in [-0.4, -0.2) is 33.1 Å². The molecule has 0 saturated carbocycles. The van der Waals surface area contributed by atoms with Crippen LogP contribution in [0.2, 0.25) is 0 Å². The maximum Gasteiger partial charge on any atom is 0.262 e. The molecule has 1 aliphatic rings. The van der Waals surface area contributed by atoms with Crippen molar-refractivity contribution in [3.63, 3.8) is 0 Å². The Bertz CT molecular complexity index is 1340. The van der Waals surface area contributed by atoms with Crippen LogP contribution in [0.15, 0.2) is 70.5 Å². The van der Waals surface area contributed by atoms with E-state index in [2.05, 4.69) is 15.4 Å². The summed E-state index contributed by atoms with van der Waals surface area (Å²) in [5, 5.41) is 5.43. The minimum atomic E-state index is -4.03. The zero-order valence-corrected chi connectivity index (χ0v) is 18.8. The molecule has 0 fully saturated rings. The Morgan fingerprint density at radius 1 is 1.09 bits per heavy atom. The van der Waals surface area contributed by atoms with Crippen LogP contribution in [-0.2, 0) is 14.8 Å². The molecule has 0 saturated heterocycles. The van der Waals surface area contributed by atoms with Gasteiger partial charge in [0.05, 0.1) is 29.1 Å². The lowest BCUT2D eigenvalue weighted by atomic mass is 10.1. The van der Waals surface area contributed by atoms with Gasteiger partial charge in [-0.1, -0.05) is 0 Å². The van der Waals surface area contributed by atoms with Crippen LogP contribution in [0.5, 0.6) is 5.75 Å². The summed E-state index contributed by atoms with van der Waals surface area (Å²) in [7, 11) is -2.65. The van der Waals surface area contributed by atoms with Gasteiger partial charge >= 0.3 is 0 Å². The molecule has 0 atom stereocenters. The second-order valence-corrected chi connectivity index (χ2v) is 9.68. The molecule has 0 bridgehead atoms. The van der Waals surface area contributed by atoms with Crippen LogP contribution in [0, 0.1) is 5.82 Å². The highest BCUT2D eigenvalue weighted by Gasteiger charge is 2.19. The van der Waals surface area contributed by atoms with Crippen molar-refractivity contribution in [3.05, 3.63) is 72.0 Å². The smallest absolute Gasteiger partial charge is 0.262 e. The summed E-state index contributed by atoms with van der Waals surface area (Å²) in [5.41, 5.74) is 1.29. The SMILES string of the molecule is COc1ccc(NC(=O)c2ccc3c(c2)NC(=O)CS3)cc1NS(=O)(=O)c1ccc(F)cc1. The van der Waals surface area contributed by atoms with Crippen molar-refractivity contribution < 1.29 is 27.1 Å². The van der Waals surface area contributed by atoms with Crippen LogP contribution in [0.1, 0.15) is 10.4 Å². The summed E-state index contributed by atoms with van der Waals surface area (Å²) < 4.78 is 46.1. The molecule has 2 amide bonds.